The molecule has 2 unspecified atom stereocenters. The molecule has 6 heteroatoms. The standard InChI is InChI=1S/C18H25NO2.C15H21F2N/c20-18(21)17(15-9-5-2-6-10-15)19-12-11-16(13-19)14-7-3-1-4-8-14;1-18-7-5-12(6-8-18)3-2-4-13-9-14(16)11-15(17)10-13/h1,3-4,7-8,15-17H,2,5-6,9-13H2,(H,20,21);9-12H,2-8H2,1H3. The van der Waals surface area contributed by atoms with E-state index in [2.05, 4.69) is 41.1 Å². The molecule has 1 saturated carbocycles. The number of carboxylic acid groups (broad SMARTS) is 1. The van der Waals surface area contributed by atoms with E-state index in [1.165, 1.54) is 69.3 Å². The fourth-order valence-corrected chi connectivity index (χ4v) is 6.84. The summed E-state index contributed by atoms with van der Waals surface area (Å²) in [5.41, 5.74) is 2.13. The van der Waals surface area contributed by atoms with E-state index in [0.717, 1.165) is 62.7 Å². The molecular weight excluding hydrogens is 494 g/mol. The summed E-state index contributed by atoms with van der Waals surface area (Å²) in [5.74, 6) is 0.0891. The van der Waals surface area contributed by atoms with Gasteiger partial charge in [0, 0.05) is 12.6 Å². The summed E-state index contributed by atoms with van der Waals surface area (Å²) in [4.78, 5) is 16.4. The Labute approximate surface area is 233 Å². The van der Waals surface area contributed by atoms with Gasteiger partial charge >= 0.3 is 5.97 Å². The van der Waals surface area contributed by atoms with Crippen molar-refractivity contribution in [2.24, 2.45) is 11.8 Å². The smallest absolute Gasteiger partial charge is 0.321 e. The Hall–Kier alpha value is -2.31. The monoisotopic (exact) mass is 540 g/mol. The second-order valence-corrected chi connectivity index (χ2v) is 12.0. The van der Waals surface area contributed by atoms with Gasteiger partial charge < -0.3 is 10.0 Å². The number of carbonyl (C=O) groups is 1. The molecule has 2 saturated heterocycles. The first-order chi connectivity index (χ1) is 18.9. The van der Waals surface area contributed by atoms with E-state index in [1.54, 1.807) is 0 Å². The summed E-state index contributed by atoms with van der Waals surface area (Å²) in [6, 6.07) is 14.1. The maximum Gasteiger partial charge on any atom is 0.321 e. The average Bonchev–Trinajstić information content (AvgIpc) is 3.40. The Morgan fingerprint density at radius 2 is 1.59 bits per heavy atom. The molecule has 2 aromatic rings. The van der Waals surface area contributed by atoms with Gasteiger partial charge in [0.15, 0.2) is 0 Å². The van der Waals surface area contributed by atoms with Gasteiger partial charge in [0.05, 0.1) is 0 Å². The topological polar surface area (TPSA) is 43.8 Å². The lowest BCUT2D eigenvalue weighted by Crippen LogP contribution is -2.45. The van der Waals surface area contributed by atoms with Crippen molar-refractivity contribution >= 4 is 5.97 Å². The van der Waals surface area contributed by atoms with Gasteiger partial charge in [-0.3, -0.25) is 9.69 Å². The lowest BCUT2D eigenvalue weighted by atomic mass is 9.83. The van der Waals surface area contributed by atoms with E-state index in [9.17, 15) is 18.7 Å². The highest BCUT2D eigenvalue weighted by molar-refractivity contribution is 5.74. The zero-order valence-corrected chi connectivity index (χ0v) is 23.5. The lowest BCUT2D eigenvalue weighted by molar-refractivity contribution is -0.145. The molecule has 2 aliphatic heterocycles. The Bertz CT molecular complexity index is 999. The first-order valence-corrected chi connectivity index (χ1v) is 15.0. The third kappa shape index (κ3) is 9.11. The molecule has 2 aromatic carbocycles. The fourth-order valence-electron chi connectivity index (χ4n) is 6.84. The fraction of sp³-hybridized carbons (Fsp3) is 0.606. The van der Waals surface area contributed by atoms with Gasteiger partial charge in [-0.25, -0.2) is 8.78 Å². The van der Waals surface area contributed by atoms with Crippen molar-refractivity contribution in [2.75, 3.05) is 33.2 Å². The molecule has 1 aliphatic carbocycles. The number of aryl methyl sites for hydroxylation is 1. The van der Waals surface area contributed by atoms with Crippen LogP contribution in [0.3, 0.4) is 0 Å². The maximum atomic E-state index is 13.0. The number of hydrogen-bond acceptors (Lipinski definition) is 3. The van der Waals surface area contributed by atoms with Gasteiger partial charge in [-0.05, 0) is 113 Å². The van der Waals surface area contributed by atoms with Crippen LogP contribution in [0.5, 0.6) is 0 Å². The minimum Gasteiger partial charge on any atom is -0.480 e. The van der Waals surface area contributed by atoms with Crippen LogP contribution in [0.1, 0.15) is 81.3 Å². The largest absolute Gasteiger partial charge is 0.480 e. The second kappa shape index (κ2) is 14.9. The van der Waals surface area contributed by atoms with Crippen LogP contribution in [-0.2, 0) is 11.2 Å². The van der Waals surface area contributed by atoms with E-state index in [4.69, 9.17) is 0 Å². The first kappa shape index (κ1) is 29.7. The van der Waals surface area contributed by atoms with Crippen molar-refractivity contribution in [3.05, 3.63) is 71.3 Å². The highest BCUT2D eigenvalue weighted by Crippen LogP contribution is 2.34. The highest BCUT2D eigenvalue weighted by atomic mass is 19.1. The van der Waals surface area contributed by atoms with Gasteiger partial charge in [-0.1, -0.05) is 56.0 Å². The SMILES string of the molecule is CN1CCC(CCCc2cc(F)cc(F)c2)CC1.O=C(O)C(C1CCCCC1)N1CCC(c2ccccc2)C1. The summed E-state index contributed by atoms with van der Waals surface area (Å²) in [7, 11) is 2.16. The summed E-state index contributed by atoms with van der Waals surface area (Å²) in [5, 5.41) is 9.70. The van der Waals surface area contributed by atoms with Crippen LogP contribution >= 0.6 is 0 Å². The molecule has 214 valence electrons. The number of likely N-dealkylation sites (tertiary alicyclic amines) is 2. The third-order valence-corrected chi connectivity index (χ3v) is 9.07. The summed E-state index contributed by atoms with van der Waals surface area (Å²) in [6.07, 6.45) is 12.4. The van der Waals surface area contributed by atoms with Crippen LogP contribution in [0.25, 0.3) is 0 Å². The molecule has 2 atom stereocenters. The van der Waals surface area contributed by atoms with Crippen LogP contribution in [0, 0.1) is 23.5 Å². The number of aliphatic carboxylic acids is 1. The molecule has 2 heterocycles. The minimum absolute atomic E-state index is 0.265. The van der Waals surface area contributed by atoms with Gasteiger partial charge in [-0.15, -0.1) is 0 Å². The number of piperidine rings is 1. The first-order valence-electron chi connectivity index (χ1n) is 15.0. The Morgan fingerprint density at radius 1 is 0.923 bits per heavy atom. The Kier molecular flexibility index (Phi) is 11.3. The molecule has 1 N–H and O–H groups in total. The van der Waals surface area contributed by atoms with E-state index in [1.807, 2.05) is 6.07 Å². The van der Waals surface area contributed by atoms with Crippen LogP contribution in [0.2, 0.25) is 0 Å². The van der Waals surface area contributed by atoms with E-state index < -0.39 is 17.6 Å². The van der Waals surface area contributed by atoms with Crippen molar-refractivity contribution in [1.82, 2.24) is 9.80 Å². The zero-order valence-electron chi connectivity index (χ0n) is 23.5. The number of halogens is 2. The Morgan fingerprint density at radius 3 is 2.23 bits per heavy atom. The number of benzene rings is 2. The molecule has 0 spiro atoms. The van der Waals surface area contributed by atoms with Crippen molar-refractivity contribution in [2.45, 2.75) is 82.6 Å². The molecule has 39 heavy (non-hydrogen) atoms. The van der Waals surface area contributed by atoms with Gasteiger partial charge in [-0.2, -0.15) is 0 Å². The van der Waals surface area contributed by atoms with Crippen molar-refractivity contribution < 1.29 is 18.7 Å². The highest BCUT2D eigenvalue weighted by Gasteiger charge is 2.38. The molecule has 0 radical (unpaired) electrons. The molecular formula is C33H46F2N2O2. The predicted octanol–water partition coefficient (Wildman–Crippen LogP) is 7.14. The maximum absolute atomic E-state index is 13.0. The van der Waals surface area contributed by atoms with E-state index >= 15 is 0 Å². The van der Waals surface area contributed by atoms with E-state index in [0.29, 0.717) is 11.8 Å². The third-order valence-electron chi connectivity index (χ3n) is 9.07. The summed E-state index contributed by atoms with van der Waals surface area (Å²) in [6.45, 7) is 4.18. The number of nitrogens with zero attached hydrogens (tertiary/aromatic N) is 2. The van der Waals surface area contributed by atoms with Crippen LogP contribution in [0.15, 0.2) is 48.5 Å². The summed E-state index contributed by atoms with van der Waals surface area (Å²) < 4.78 is 26.0. The average molecular weight is 541 g/mol. The molecule has 0 amide bonds. The van der Waals surface area contributed by atoms with Crippen molar-refractivity contribution in [3.63, 3.8) is 0 Å². The summed E-state index contributed by atoms with van der Waals surface area (Å²) >= 11 is 0. The molecule has 0 bridgehead atoms. The molecule has 5 rings (SSSR count). The number of hydrogen-bond donors (Lipinski definition) is 1. The minimum atomic E-state index is -0.615. The van der Waals surface area contributed by atoms with Crippen LogP contribution in [0.4, 0.5) is 8.78 Å². The van der Waals surface area contributed by atoms with E-state index in [-0.39, 0.29) is 6.04 Å². The van der Waals surface area contributed by atoms with Gasteiger partial charge in [0.25, 0.3) is 0 Å². The van der Waals surface area contributed by atoms with Crippen LogP contribution < -0.4 is 0 Å². The second-order valence-electron chi connectivity index (χ2n) is 12.0. The van der Waals surface area contributed by atoms with Crippen molar-refractivity contribution in [1.29, 1.82) is 0 Å². The molecule has 0 aromatic heterocycles. The predicted molar refractivity (Wildman–Crippen MR) is 153 cm³/mol. The zero-order chi connectivity index (χ0) is 27.6. The molecule has 4 nitrogen and oxygen atoms in total. The Balaban J connectivity index is 0.000000183. The van der Waals surface area contributed by atoms with Crippen molar-refractivity contribution in [3.8, 4) is 0 Å². The van der Waals surface area contributed by atoms with Gasteiger partial charge in [0.2, 0.25) is 0 Å². The van der Waals surface area contributed by atoms with Gasteiger partial charge in [0.1, 0.15) is 17.7 Å². The van der Waals surface area contributed by atoms with Crippen LogP contribution in [-0.4, -0.2) is 60.1 Å². The molecule has 3 fully saturated rings. The quantitative estimate of drug-likeness (QED) is 0.387. The lowest BCUT2D eigenvalue weighted by Gasteiger charge is -2.33. The normalized spacial score (nSPS) is 22.3. The molecule has 3 aliphatic rings. The number of rotatable bonds is 8. The number of carboxylic acids is 1.